The molecule has 0 atom stereocenters. The van der Waals surface area contributed by atoms with Gasteiger partial charge in [0, 0.05) is 37.4 Å². The van der Waals surface area contributed by atoms with Crippen molar-refractivity contribution < 1.29 is 14.0 Å². The second kappa shape index (κ2) is 7.36. The molecular weight excluding hydrogens is 339 g/mol. The number of likely N-dealkylation sites (tertiary alicyclic amines) is 1. The summed E-state index contributed by atoms with van der Waals surface area (Å²) in [5, 5.41) is 0. The molecule has 2 aliphatic rings. The molecule has 0 N–H and O–H groups in total. The maximum atomic E-state index is 13.0. The monoisotopic (exact) mass is 364 g/mol. The quantitative estimate of drug-likeness (QED) is 0.826. The van der Waals surface area contributed by atoms with Crippen molar-refractivity contribution in [3.8, 4) is 0 Å². The zero-order valence-corrected chi connectivity index (χ0v) is 15.7. The molecule has 25 heavy (non-hydrogen) atoms. The first-order valence-corrected chi connectivity index (χ1v) is 9.89. The molecule has 0 saturated carbocycles. The summed E-state index contributed by atoms with van der Waals surface area (Å²) >= 11 is 1.86. The fraction of sp³-hybridized carbons (Fsp3) is 0.579. The number of thioether (sulfide) groups is 1. The molecule has 0 aromatic heterocycles. The van der Waals surface area contributed by atoms with Crippen molar-refractivity contribution in [3.05, 3.63) is 35.6 Å². The van der Waals surface area contributed by atoms with Gasteiger partial charge in [0.2, 0.25) is 5.91 Å². The second-order valence-electron chi connectivity index (χ2n) is 7.24. The van der Waals surface area contributed by atoms with Gasteiger partial charge < -0.3 is 9.80 Å². The van der Waals surface area contributed by atoms with E-state index in [1.165, 1.54) is 24.3 Å². The molecule has 0 unspecified atom stereocenters. The van der Waals surface area contributed by atoms with Crippen LogP contribution in [0.15, 0.2) is 24.3 Å². The minimum atomic E-state index is -0.337. The fourth-order valence-corrected chi connectivity index (χ4v) is 5.14. The smallest absolute Gasteiger partial charge is 0.253 e. The topological polar surface area (TPSA) is 40.6 Å². The number of rotatable bonds is 3. The molecule has 0 bridgehead atoms. The van der Waals surface area contributed by atoms with Gasteiger partial charge in [-0.05, 0) is 43.0 Å². The van der Waals surface area contributed by atoms with E-state index in [-0.39, 0.29) is 22.5 Å². The molecule has 1 aromatic carbocycles. The molecule has 4 nitrogen and oxygen atoms in total. The Kier molecular flexibility index (Phi) is 5.37. The third-order valence-electron chi connectivity index (χ3n) is 4.98. The highest BCUT2D eigenvalue weighted by atomic mass is 32.2. The molecule has 2 saturated heterocycles. The highest BCUT2D eigenvalue weighted by Crippen LogP contribution is 2.44. The van der Waals surface area contributed by atoms with Gasteiger partial charge in [0.1, 0.15) is 5.82 Å². The van der Waals surface area contributed by atoms with E-state index in [2.05, 4.69) is 18.7 Å². The van der Waals surface area contributed by atoms with Gasteiger partial charge in [0.05, 0.1) is 4.87 Å². The Bertz CT molecular complexity index is 639. The van der Waals surface area contributed by atoms with Gasteiger partial charge >= 0.3 is 0 Å². The molecule has 3 rings (SSSR count). The number of nitrogens with zero attached hydrogens (tertiary/aromatic N) is 2. The molecule has 2 amide bonds. The summed E-state index contributed by atoms with van der Waals surface area (Å²) in [6, 6.07) is 5.70. The van der Waals surface area contributed by atoms with E-state index in [0.29, 0.717) is 31.0 Å². The highest BCUT2D eigenvalue weighted by Gasteiger charge is 2.46. The van der Waals surface area contributed by atoms with Crippen LogP contribution in [0, 0.1) is 11.7 Å². The molecule has 6 heteroatoms. The van der Waals surface area contributed by atoms with Crippen LogP contribution in [0.4, 0.5) is 4.39 Å². The summed E-state index contributed by atoms with van der Waals surface area (Å²) < 4.78 is 13.0. The lowest BCUT2D eigenvalue weighted by Crippen LogP contribution is -2.53. The zero-order valence-electron chi connectivity index (χ0n) is 14.8. The molecule has 2 aliphatic heterocycles. The van der Waals surface area contributed by atoms with Crippen molar-refractivity contribution in [2.45, 2.75) is 38.0 Å². The van der Waals surface area contributed by atoms with Crippen LogP contribution in [-0.2, 0) is 4.79 Å². The van der Waals surface area contributed by atoms with Crippen molar-refractivity contribution in [2.24, 2.45) is 5.92 Å². The number of halogens is 1. The third kappa shape index (κ3) is 3.84. The van der Waals surface area contributed by atoms with E-state index >= 15 is 0 Å². The van der Waals surface area contributed by atoms with Gasteiger partial charge in [-0.25, -0.2) is 4.39 Å². The first-order valence-electron chi connectivity index (χ1n) is 8.90. The first-order chi connectivity index (χ1) is 11.9. The summed E-state index contributed by atoms with van der Waals surface area (Å²) in [7, 11) is 0. The van der Waals surface area contributed by atoms with Gasteiger partial charge in [0.25, 0.3) is 5.91 Å². The highest BCUT2D eigenvalue weighted by molar-refractivity contribution is 8.00. The summed E-state index contributed by atoms with van der Waals surface area (Å²) in [4.78, 5) is 28.9. The normalized spacial score (nSPS) is 19.7. The fourth-order valence-electron chi connectivity index (χ4n) is 3.67. The van der Waals surface area contributed by atoms with Crippen LogP contribution in [-0.4, -0.2) is 51.9 Å². The predicted octanol–water partition coefficient (Wildman–Crippen LogP) is 3.38. The predicted molar refractivity (Wildman–Crippen MR) is 97.9 cm³/mol. The van der Waals surface area contributed by atoms with Crippen LogP contribution in [0.2, 0.25) is 0 Å². The zero-order chi connectivity index (χ0) is 18.0. The van der Waals surface area contributed by atoms with Crippen molar-refractivity contribution >= 4 is 23.6 Å². The number of carbonyl (C=O) groups excluding carboxylic acids is 2. The van der Waals surface area contributed by atoms with E-state index < -0.39 is 0 Å². The Morgan fingerprint density at radius 2 is 1.80 bits per heavy atom. The lowest BCUT2D eigenvalue weighted by molar-refractivity contribution is -0.135. The lowest BCUT2D eigenvalue weighted by atomic mass is 9.99. The van der Waals surface area contributed by atoms with Crippen LogP contribution in [0.1, 0.15) is 43.5 Å². The maximum absolute atomic E-state index is 13.0. The Labute approximate surface area is 152 Å². The molecule has 2 heterocycles. The molecule has 0 aliphatic carbocycles. The summed E-state index contributed by atoms with van der Waals surface area (Å²) in [6.45, 7) is 6.21. The summed E-state index contributed by atoms with van der Waals surface area (Å²) in [6.07, 6.45) is 2.18. The minimum Gasteiger partial charge on any atom is -0.338 e. The van der Waals surface area contributed by atoms with E-state index in [9.17, 15) is 14.0 Å². The van der Waals surface area contributed by atoms with E-state index in [1.807, 2.05) is 16.7 Å². The van der Waals surface area contributed by atoms with Gasteiger partial charge in [-0.15, -0.1) is 11.8 Å². The number of benzene rings is 1. The standard InChI is InChI=1S/C19H25FN2O2S/c1-14(2)13-17(23)22-11-12-25-19(22)7-9-21(10-8-19)18(24)15-3-5-16(20)6-4-15/h3-6,14H,7-13H2,1-2H3. The summed E-state index contributed by atoms with van der Waals surface area (Å²) in [5.41, 5.74) is 0.518. The minimum absolute atomic E-state index is 0.0575. The third-order valence-corrected chi connectivity index (χ3v) is 6.54. The van der Waals surface area contributed by atoms with Crippen molar-refractivity contribution in [3.63, 3.8) is 0 Å². The summed E-state index contributed by atoms with van der Waals surface area (Å²) in [5.74, 6) is 1.16. The molecule has 2 fully saturated rings. The molecule has 1 spiro atoms. The van der Waals surface area contributed by atoms with Gasteiger partial charge in [-0.2, -0.15) is 0 Å². The van der Waals surface area contributed by atoms with Crippen LogP contribution >= 0.6 is 11.8 Å². The Morgan fingerprint density at radius 3 is 2.40 bits per heavy atom. The van der Waals surface area contributed by atoms with E-state index in [0.717, 1.165) is 25.1 Å². The molecule has 1 aromatic rings. The van der Waals surface area contributed by atoms with E-state index in [4.69, 9.17) is 0 Å². The van der Waals surface area contributed by atoms with Crippen LogP contribution in [0.5, 0.6) is 0 Å². The van der Waals surface area contributed by atoms with Crippen LogP contribution in [0.3, 0.4) is 0 Å². The second-order valence-corrected chi connectivity index (χ2v) is 8.69. The first kappa shape index (κ1) is 18.2. The van der Waals surface area contributed by atoms with E-state index in [1.54, 1.807) is 0 Å². The maximum Gasteiger partial charge on any atom is 0.253 e. The molecule has 136 valence electrons. The van der Waals surface area contributed by atoms with Gasteiger partial charge in [0.15, 0.2) is 0 Å². The lowest BCUT2D eigenvalue weighted by Gasteiger charge is -2.44. The average Bonchev–Trinajstić information content (AvgIpc) is 2.98. The van der Waals surface area contributed by atoms with Crippen molar-refractivity contribution in [1.82, 2.24) is 9.80 Å². The molecular formula is C19H25FN2O2S. The van der Waals surface area contributed by atoms with Gasteiger partial charge in [-0.3, -0.25) is 9.59 Å². The number of hydrogen-bond donors (Lipinski definition) is 0. The van der Waals surface area contributed by atoms with Crippen molar-refractivity contribution in [2.75, 3.05) is 25.4 Å². The largest absolute Gasteiger partial charge is 0.338 e. The Hall–Kier alpha value is -1.56. The van der Waals surface area contributed by atoms with Gasteiger partial charge in [-0.1, -0.05) is 13.8 Å². The van der Waals surface area contributed by atoms with Crippen LogP contribution < -0.4 is 0 Å². The number of amides is 2. The van der Waals surface area contributed by atoms with Crippen LogP contribution in [0.25, 0.3) is 0 Å². The Balaban J connectivity index is 1.65. The molecule has 0 radical (unpaired) electrons. The Morgan fingerprint density at radius 1 is 1.16 bits per heavy atom. The number of piperidine rings is 1. The van der Waals surface area contributed by atoms with Crippen molar-refractivity contribution in [1.29, 1.82) is 0 Å². The number of carbonyl (C=O) groups is 2. The number of hydrogen-bond acceptors (Lipinski definition) is 3. The SMILES string of the molecule is CC(C)CC(=O)N1CCSC12CCN(C(=O)c1ccc(F)cc1)CC2. The average molecular weight is 364 g/mol.